The van der Waals surface area contributed by atoms with Gasteiger partial charge in [-0.3, -0.25) is 19.3 Å². The molecular formula is C25H19N2O4+. The van der Waals surface area contributed by atoms with Crippen LogP contribution in [0.1, 0.15) is 27.7 Å². The molecule has 0 aliphatic carbocycles. The van der Waals surface area contributed by atoms with Crippen LogP contribution in [0.25, 0.3) is 6.08 Å². The maximum Gasteiger partial charge on any atom is 0.256 e. The van der Waals surface area contributed by atoms with Gasteiger partial charge in [-0.15, -0.1) is 0 Å². The fourth-order valence-corrected chi connectivity index (χ4v) is 5.45. The van der Waals surface area contributed by atoms with E-state index < -0.39 is 17.9 Å². The molecule has 6 heteroatoms. The van der Waals surface area contributed by atoms with Crippen LogP contribution < -0.4 is 9.80 Å². The molecule has 1 N–H and O–H groups in total. The third-order valence-electron chi connectivity index (χ3n) is 6.68. The van der Waals surface area contributed by atoms with Crippen LogP contribution in [-0.4, -0.2) is 23.6 Å². The average molecular weight is 411 g/mol. The molecule has 0 radical (unpaired) electrons. The number of carbonyl (C=O) groups excluding carboxylic acids is 3. The minimum atomic E-state index is -0.749. The van der Waals surface area contributed by atoms with Crippen LogP contribution in [0.2, 0.25) is 0 Å². The van der Waals surface area contributed by atoms with Gasteiger partial charge in [-0.05, 0) is 35.9 Å². The SMILES string of the molecule is O=C(c1ccco1)[C@@H]1[C@@H]2C(=O)N(c3ccccc3)C(=O)[C@@H]2[C@H]2c3ccccc3C=C[NH+]12. The Kier molecular flexibility index (Phi) is 3.85. The highest BCUT2D eigenvalue weighted by molar-refractivity contribution is 6.24. The van der Waals surface area contributed by atoms with Crippen molar-refractivity contribution in [2.45, 2.75) is 12.1 Å². The van der Waals surface area contributed by atoms with E-state index in [9.17, 15) is 14.4 Å². The number of para-hydroxylation sites is 1. The van der Waals surface area contributed by atoms with Crippen LogP contribution >= 0.6 is 0 Å². The molecule has 3 aromatic rings. The van der Waals surface area contributed by atoms with Crippen molar-refractivity contribution in [1.82, 2.24) is 0 Å². The van der Waals surface area contributed by atoms with Crippen molar-refractivity contribution >= 4 is 29.4 Å². The summed E-state index contributed by atoms with van der Waals surface area (Å²) in [5, 5.41) is 0. The highest BCUT2D eigenvalue weighted by Gasteiger charge is 2.68. The third kappa shape index (κ3) is 2.45. The largest absolute Gasteiger partial charge is 0.461 e. The Bertz CT molecular complexity index is 1230. The van der Waals surface area contributed by atoms with Crippen LogP contribution in [0.15, 0.2) is 83.6 Å². The van der Waals surface area contributed by atoms with E-state index in [1.807, 2.05) is 42.6 Å². The van der Waals surface area contributed by atoms with E-state index in [-0.39, 0.29) is 29.4 Å². The van der Waals surface area contributed by atoms with Gasteiger partial charge < -0.3 is 4.42 Å². The fourth-order valence-electron chi connectivity index (χ4n) is 5.45. The Morgan fingerprint density at radius 1 is 0.871 bits per heavy atom. The maximum atomic E-state index is 13.7. The molecular weight excluding hydrogens is 392 g/mol. The number of nitrogens with one attached hydrogen (secondary N) is 1. The first-order chi connectivity index (χ1) is 15.2. The molecule has 2 fully saturated rings. The number of ketones is 1. The second-order valence-electron chi connectivity index (χ2n) is 8.16. The van der Waals surface area contributed by atoms with Gasteiger partial charge in [-0.25, -0.2) is 4.90 Å². The molecule has 1 aromatic heterocycles. The lowest BCUT2D eigenvalue weighted by molar-refractivity contribution is -0.884. The lowest BCUT2D eigenvalue weighted by Gasteiger charge is -2.30. The average Bonchev–Trinajstić information content (AvgIpc) is 3.50. The van der Waals surface area contributed by atoms with Crippen molar-refractivity contribution in [3.8, 4) is 0 Å². The number of benzene rings is 2. The minimum Gasteiger partial charge on any atom is -0.461 e. The summed E-state index contributed by atoms with van der Waals surface area (Å²) in [6, 6.07) is 19.0. The van der Waals surface area contributed by atoms with Crippen LogP contribution in [0.5, 0.6) is 0 Å². The number of quaternary nitrogens is 1. The van der Waals surface area contributed by atoms with Crippen molar-refractivity contribution in [3.63, 3.8) is 0 Å². The summed E-state index contributed by atoms with van der Waals surface area (Å²) in [6.45, 7) is 0. The predicted molar refractivity (Wildman–Crippen MR) is 112 cm³/mol. The smallest absolute Gasteiger partial charge is 0.256 e. The predicted octanol–water partition coefficient (Wildman–Crippen LogP) is 2.26. The zero-order valence-electron chi connectivity index (χ0n) is 16.5. The molecule has 152 valence electrons. The van der Waals surface area contributed by atoms with Gasteiger partial charge in [-0.2, -0.15) is 0 Å². The Labute approximate surface area is 178 Å². The molecule has 0 saturated carbocycles. The Morgan fingerprint density at radius 3 is 2.39 bits per heavy atom. The lowest BCUT2D eigenvalue weighted by atomic mass is 9.84. The number of amides is 2. The second-order valence-corrected chi connectivity index (χ2v) is 8.16. The molecule has 1 unspecified atom stereocenters. The molecule has 6 nitrogen and oxygen atoms in total. The molecule has 5 atom stereocenters. The number of imide groups is 1. The van der Waals surface area contributed by atoms with Gasteiger partial charge in [0.05, 0.1) is 18.2 Å². The summed E-state index contributed by atoms with van der Waals surface area (Å²) >= 11 is 0. The van der Waals surface area contributed by atoms with Gasteiger partial charge in [0.1, 0.15) is 17.9 Å². The van der Waals surface area contributed by atoms with Crippen molar-refractivity contribution in [2.75, 3.05) is 4.90 Å². The number of fused-ring (bicyclic) bond motifs is 5. The summed E-state index contributed by atoms with van der Waals surface area (Å²) < 4.78 is 5.38. The van der Waals surface area contributed by atoms with E-state index in [1.165, 1.54) is 11.2 Å². The monoisotopic (exact) mass is 411 g/mol. The molecule has 4 heterocycles. The number of anilines is 1. The summed E-state index contributed by atoms with van der Waals surface area (Å²) in [6.07, 6.45) is 5.34. The van der Waals surface area contributed by atoms with Crippen LogP contribution in [0, 0.1) is 11.8 Å². The normalized spacial score (nSPS) is 28.4. The van der Waals surface area contributed by atoms with Gasteiger partial charge in [0, 0.05) is 5.56 Å². The van der Waals surface area contributed by atoms with Crippen molar-refractivity contribution in [1.29, 1.82) is 0 Å². The van der Waals surface area contributed by atoms with E-state index in [2.05, 4.69) is 0 Å². The fraction of sp³-hybridized carbons (Fsp3) is 0.160. The Balaban J connectivity index is 1.52. The molecule has 3 aliphatic heterocycles. The van der Waals surface area contributed by atoms with Gasteiger partial charge in [0.15, 0.2) is 11.8 Å². The van der Waals surface area contributed by atoms with Crippen molar-refractivity contribution < 1.29 is 23.7 Å². The molecule has 0 spiro atoms. The highest BCUT2D eigenvalue weighted by Crippen LogP contribution is 2.45. The third-order valence-corrected chi connectivity index (χ3v) is 6.68. The summed E-state index contributed by atoms with van der Waals surface area (Å²) in [5.41, 5.74) is 2.54. The number of nitrogens with zero attached hydrogens (tertiary/aromatic N) is 1. The van der Waals surface area contributed by atoms with Gasteiger partial charge in [0.25, 0.3) is 5.78 Å². The standard InChI is InChI=1S/C25H18N2O4/c28-23(18-11-6-14-31-18)22-20-19(21-17-10-5-4-7-15(17)12-13-26(21)22)24(29)27(25(20)30)16-8-2-1-3-9-16/h1-14,19-22H/p+1/t19-,20+,21+,22-/m0/s1. The highest BCUT2D eigenvalue weighted by atomic mass is 16.3. The molecule has 2 aromatic carbocycles. The van der Waals surface area contributed by atoms with Gasteiger partial charge in [0.2, 0.25) is 11.8 Å². The minimum absolute atomic E-state index is 0.211. The number of furan rings is 1. The van der Waals surface area contributed by atoms with Crippen LogP contribution in [-0.2, 0) is 9.59 Å². The molecule has 2 amide bonds. The van der Waals surface area contributed by atoms with Crippen molar-refractivity contribution in [3.05, 3.63) is 96.1 Å². The second kappa shape index (κ2) is 6.62. The van der Waals surface area contributed by atoms with Gasteiger partial charge in [-0.1, -0.05) is 42.5 Å². The number of hydrogen-bond donors (Lipinski definition) is 1. The number of rotatable bonds is 3. The zero-order valence-corrected chi connectivity index (χ0v) is 16.5. The maximum absolute atomic E-state index is 13.7. The zero-order chi connectivity index (χ0) is 21.1. The summed E-state index contributed by atoms with van der Waals surface area (Å²) in [5.74, 6) is -1.97. The van der Waals surface area contributed by atoms with E-state index in [4.69, 9.17) is 4.42 Å². The number of hydrogen-bond acceptors (Lipinski definition) is 4. The number of Topliss-reactive ketones (excluding diaryl/α,β-unsaturated/α-hetero) is 1. The Morgan fingerprint density at radius 2 is 1.61 bits per heavy atom. The lowest BCUT2D eigenvalue weighted by Crippen LogP contribution is -3.12. The molecule has 31 heavy (non-hydrogen) atoms. The molecule has 0 bridgehead atoms. The van der Waals surface area contributed by atoms with E-state index in [0.29, 0.717) is 5.69 Å². The molecule has 3 aliphatic rings. The first kappa shape index (κ1) is 18.0. The van der Waals surface area contributed by atoms with Crippen LogP contribution in [0.3, 0.4) is 0 Å². The quantitative estimate of drug-likeness (QED) is 0.530. The van der Waals surface area contributed by atoms with Gasteiger partial charge >= 0.3 is 0 Å². The summed E-state index contributed by atoms with van der Waals surface area (Å²) in [4.78, 5) is 42.8. The van der Waals surface area contributed by atoms with Crippen molar-refractivity contribution in [2.24, 2.45) is 11.8 Å². The number of carbonyl (C=O) groups is 3. The van der Waals surface area contributed by atoms with E-state index in [1.54, 1.807) is 36.4 Å². The molecule has 2 saturated heterocycles. The van der Waals surface area contributed by atoms with E-state index >= 15 is 0 Å². The first-order valence-corrected chi connectivity index (χ1v) is 10.3. The van der Waals surface area contributed by atoms with E-state index in [0.717, 1.165) is 16.0 Å². The molecule has 6 rings (SSSR count). The van der Waals surface area contributed by atoms with Crippen LogP contribution in [0.4, 0.5) is 5.69 Å². The first-order valence-electron chi connectivity index (χ1n) is 10.3. The summed E-state index contributed by atoms with van der Waals surface area (Å²) in [7, 11) is 0. The topological polar surface area (TPSA) is 72.0 Å². The Hall–Kier alpha value is -3.77.